The number of H-pyrrole nitrogens is 1. The predicted molar refractivity (Wildman–Crippen MR) is 142 cm³/mol. The Bertz CT molecular complexity index is 1670. The molecule has 0 aliphatic heterocycles. The van der Waals surface area contributed by atoms with Gasteiger partial charge in [-0.05, 0) is 66.2 Å². The highest BCUT2D eigenvalue weighted by Gasteiger charge is 2.15. The summed E-state index contributed by atoms with van der Waals surface area (Å²) in [6, 6.07) is 16.1. The van der Waals surface area contributed by atoms with Crippen molar-refractivity contribution >= 4 is 23.4 Å². The van der Waals surface area contributed by atoms with Gasteiger partial charge in [0.2, 0.25) is 0 Å². The van der Waals surface area contributed by atoms with Crippen LogP contribution in [0.5, 0.6) is 0 Å². The van der Waals surface area contributed by atoms with Crippen LogP contribution in [0.25, 0.3) is 28.1 Å². The largest absolute Gasteiger partial charge is 0.453 e. The Morgan fingerprint density at radius 2 is 1.87 bits per heavy atom. The van der Waals surface area contributed by atoms with E-state index in [4.69, 9.17) is 16.6 Å². The van der Waals surface area contributed by atoms with Gasteiger partial charge in [-0.25, -0.2) is 9.78 Å². The number of halogens is 1. The predicted octanol–water partition coefficient (Wildman–Crippen LogP) is 4.38. The van der Waals surface area contributed by atoms with Gasteiger partial charge in [-0.15, -0.1) is 5.10 Å². The molecule has 0 spiro atoms. The number of ether oxygens (including phenoxy) is 1. The van der Waals surface area contributed by atoms with Crippen molar-refractivity contribution in [3.8, 4) is 28.1 Å². The van der Waals surface area contributed by atoms with Gasteiger partial charge in [-0.2, -0.15) is 4.68 Å². The van der Waals surface area contributed by atoms with E-state index in [1.807, 2.05) is 32.0 Å². The average molecular weight is 531 g/mol. The second-order valence-corrected chi connectivity index (χ2v) is 9.01. The fourth-order valence-corrected chi connectivity index (χ4v) is 4.38. The van der Waals surface area contributed by atoms with Crippen molar-refractivity contribution in [1.29, 1.82) is 0 Å². The number of carbonyl (C=O) groups is 1. The summed E-state index contributed by atoms with van der Waals surface area (Å²) in [7, 11) is 1.31. The van der Waals surface area contributed by atoms with E-state index in [9.17, 15) is 9.59 Å². The molecule has 192 valence electrons. The van der Waals surface area contributed by atoms with E-state index in [1.165, 1.54) is 18.1 Å². The van der Waals surface area contributed by atoms with Crippen molar-refractivity contribution in [1.82, 2.24) is 34.7 Å². The molecule has 12 heteroatoms. The average Bonchev–Trinajstić information content (AvgIpc) is 3.56. The number of anilines is 1. The lowest BCUT2D eigenvalue weighted by Crippen LogP contribution is -2.23. The zero-order valence-electron chi connectivity index (χ0n) is 20.8. The quantitative estimate of drug-likeness (QED) is 0.333. The molecule has 5 rings (SSSR count). The molecule has 11 nitrogen and oxygen atoms in total. The number of amides is 1. The maximum Gasteiger partial charge on any atom is 0.411 e. The van der Waals surface area contributed by atoms with Gasteiger partial charge in [0.15, 0.2) is 0 Å². The molecule has 0 saturated carbocycles. The summed E-state index contributed by atoms with van der Waals surface area (Å²) >= 11 is 6.27. The summed E-state index contributed by atoms with van der Waals surface area (Å²) < 4.78 is 7.79. The second-order valence-electron chi connectivity index (χ2n) is 8.58. The van der Waals surface area contributed by atoms with Crippen LogP contribution < -0.4 is 10.9 Å². The third-order valence-electron chi connectivity index (χ3n) is 6.03. The fraction of sp³-hybridized carbons (Fsp3) is 0.154. The van der Waals surface area contributed by atoms with Gasteiger partial charge in [-0.3, -0.25) is 10.1 Å². The maximum atomic E-state index is 13.2. The minimum Gasteiger partial charge on any atom is -0.453 e. The first kappa shape index (κ1) is 24.9. The number of benzene rings is 2. The molecule has 2 N–H and O–H groups in total. The maximum absolute atomic E-state index is 13.2. The Morgan fingerprint density at radius 3 is 2.55 bits per heavy atom. The van der Waals surface area contributed by atoms with Crippen LogP contribution in [0.15, 0.2) is 65.7 Å². The zero-order valence-corrected chi connectivity index (χ0v) is 21.5. The van der Waals surface area contributed by atoms with E-state index < -0.39 is 6.09 Å². The fourth-order valence-electron chi connectivity index (χ4n) is 4.21. The van der Waals surface area contributed by atoms with Crippen LogP contribution in [0.3, 0.4) is 0 Å². The van der Waals surface area contributed by atoms with E-state index in [1.54, 1.807) is 41.0 Å². The van der Waals surface area contributed by atoms with Gasteiger partial charge < -0.3 is 14.3 Å². The monoisotopic (exact) mass is 530 g/mol. The van der Waals surface area contributed by atoms with E-state index in [0.29, 0.717) is 27.8 Å². The summed E-state index contributed by atoms with van der Waals surface area (Å²) in [4.78, 5) is 32.7. The highest BCUT2D eigenvalue weighted by atomic mass is 35.5. The van der Waals surface area contributed by atoms with Gasteiger partial charge in [0, 0.05) is 39.3 Å². The minimum atomic E-state index is -0.537. The Kier molecular flexibility index (Phi) is 6.75. The van der Waals surface area contributed by atoms with Crippen LogP contribution in [0.1, 0.15) is 17.2 Å². The molecule has 0 atom stereocenters. The molecule has 5 aromatic rings. The van der Waals surface area contributed by atoms with Gasteiger partial charge in [-0.1, -0.05) is 23.7 Å². The molecule has 3 heterocycles. The molecule has 0 saturated heterocycles. The standard InChI is InChI=1S/C26H23ClN8O3/c1-15-10-18(21-12-19(27)6-9-22(21)35-14-28-32-33-35)11-24(36)34(15)13-23-29-16(2)25(31-23)17-4-7-20(8-5-17)30-26(37)38-3/h4-12,14H,13H2,1-3H3,(H,29,31)(H,30,37). The van der Waals surface area contributed by atoms with Gasteiger partial charge in [0.25, 0.3) is 5.56 Å². The Labute approximate surface area is 222 Å². The molecule has 0 bridgehead atoms. The lowest BCUT2D eigenvalue weighted by atomic mass is 10.0. The van der Waals surface area contributed by atoms with Crippen molar-refractivity contribution in [2.24, 2.45) is 0 Å². The number of aromatic amines is 1. The third kappa shape index (κ3) is 5.04. The minimum absolute atomic E-state index is 0.184. The van der Waals surface area contributed by atoms with Gasteiger partial charge in [0.05, 0.1) is 25.0 Å². The van der Waals surface area contributed by atoms with Crippen LogP contribution in [0.4, 0.5) is 10.5 Å². The molecule has 1 amide bonds. The van der Waals surface area contributed by atoms with E-state index in [2.05, 4.69) is 30.6 Å². The molecule has 2 aromatic carbocycles. The summed E-state index contributed by atoms with van der Waals surface area (Å²) in [6.45, 7) is 4.06. The number of nitrogens with one attached hydrogen (secondary N) is 2. The van der Waals surface area contributed by atoms with Crippen LogP contribution in [-0.4, -0.2) is 47.9 Å². The summed E-state index contributed by atoms with van der Waals surface area (Å²) in [6.07, 6.45) is 0.950. The molecule has 3 aromatic heterocycles. The van der Waals surface area contributed by atoms with Crippen LogP contribution in [0, 0.1) is 13.8 Å². The number of carbonyl (C=O) groups excluding carboxylic acids is 1. The summed E-state index contributed by atoms with van der Waals surface area (Å²) in [5.41, 5.74) is 5.82. The molecular formula is C26H23ClN8O3. The van der Waals surface area contributed by atoms with Crippen molar-refractivity contribution in [2.75, 3.05) is 12.4 Å². The number of aryl methyl sites for hydroxylation is 2. The molecule has 0 aliphatic rings. The zero-order chi connectivity index (χ0) is 26.8. The molecule has 0 fully saturated rings. The van der Waals surface area contributed by atoms with Crippen LogP contribution >= 0.6 is 11.6 Å². The third-order valence-corrected chi connectivity index (χ3v) is 6.27. The Morgan fingerprint density at radius 1 is 1.08 bits per heavy atom. The number of pyridine rings is 1. The number of aromatic nitrogens is 7. The van der Waals surface area contributed by atoms with E-state index in [0.717, 1.165) is 28.2 Å². The Hall–Kier alpha value is -4.77. The first-order valence-electron chi connectivity index (χ1n) is 11.6. The summed E-state index contributed by atoms with van der Waals surface area (Å²) in [5.74, 6) is 0.643. The molecule has 38 heavy (non-hydrogen) atoms. The van der Waals surface area contributed by atoms with Crippen LogP contribution in [0.2, 0.25) is 5.02 Å². The number of methoxy groups -OCH3 is 1. The highest BCUT2D eigenvalue weighted by Crippen LogP contribution is 2.29. The lowest BCUT2D eigenvalue weighted by Gasteiger charge is -2.13. The SMILES string of the molecule is COC(=O)Nc1ccc(-c2nc(Cn3c(C)cc(-c4cc(Cl)ccc4-n4cnnn4)cc3=O)[nH]c2C)cc1. The number of tetrazole rings is 1. The smallest absolute Gasteiger partial charge is 0.411 e. The second kappa shape index (κ2) is 10.3. The normalized spacial score (nSPS) is 10.9. The highest BCUT2D eigenvalue weighted by molar-refractivity contribution is 6.31. The van der Waals surface area contributed by atoms with Crippen molar-refractivity contribution in [3.05, 3.63) is 93.5 Å². The molecule has 0 aliphatic carbocycles. The van der Waals surface area contributed by atoms with Crippen LogP contribution in [-0.2, 0) is 11.3 Å². The number of nitrogens with zero attached hydrogens (tertiary/aromatic N) is 6. The number of hydrogen-bond acceptors (Lipinski definition) is 7. The topological polar surface area (TPSA) is 133 Å². The first-order chi connectivity index (χ1) is 18.3. The number of imidazole rings is 1. The molecule has 0 radical (unpaired) electrons. The molecule has 0 unspecified atom stereocenters. The van der Waals surface area contributed by atoms with Gasteiger partial charge >= 0.3 is 6.09 Å². The van der Waals surface area contributed by atoms with E-state index in [-0.39, 0.29) is 12.1 Å². The number of hydrogen-bond donors (Lipinski definition) is 2. The Balaban J connectivity index is 1.43. The lowest BCUT2D eigenvalue weighted by molar-refractivity contribution is 0.187. The number of rotatable bonds is 6. The van der Waals surface area contributed by atoms with Crippen molar-refractivity contribution < 1.29 is 9.53 Å². The van der Waals surface area contributed by atoms with E-state index >= 15 is 0 Å². The first-order valence-corrected chi connectivity index (χ1v) is 12.0. The molecular weight excluding hydrogens is 508 g/mol. The van der Waals surface area contributed by atoms with Crippen molar-refractivity contribution in [2.45, 2.75) is 20.4 Å². The summed E-state index contributed by atoms with van der Waals surface area (Å²) in [5, 5.41) is 14.5. The van der Waals surface area contributed by atoms with Gasteiger partial charge in [0.1, 0.15) is 12.2 Å². The van der Waals surface area contributed by atoms with Crippen molar-refractivity contribution in [3.63, 3.8) is 0 Å².